The first-order valence-corrected chi connectivity index (χ1v) is 5.96. The van der Waals surface area contributed by atoms with Crippen LogP contribution in [0.4, 0.5) is 0 Å². The summed E-state index contributed by atoms with van der Waals surface area (Å²) in [4.78, 5) is 14.8. The minimum absolute atomic E-state index is 0.0671. The molecule has 2 rings (SSSR count). The zero-order valence-corrected chi connectivity index (χ0v) is 9.99. The number of benzene rings is 1. The molecule has 0 spiro atoms. The monoisotopic (exact) mass is 236 g/mol. The molecule has 1 saturated heterocycles. The lowest BCUT2D eigenvalue weighted by atomic mass is 10.0. The number of hydrogen-bond donors (Lipinski definition) is 2. The van der Waals surface area contributed by atoms with E-state index in [9.17, 15) is 4.79 Å². The van der Waals surface area contributed by atoms with Crippen LogP contribution in [0.15, 0.2) is 29.2 Å². The average Bonchev–Trinajstić information content (AvgIpc) is 2.30. The molecule has 0 saturated carbocycles. The lowest BCUT2D eigenvalue weighted by Gasteiger charge is -2.30. The molecule has 1 amide bonds. The number of likely N-dealkylation sites (tertiary alicyclic amines) is 1. The van der Waals surface area contributed by atoms with Crippen LogP contribution in [0.3, 0.4) is 0 Å². The molecular weight excluding hydrogens is 220 g/mol. The maximum absolute atomic E-state index is 12.2. The minimum atomic E-state index is 0.0671. The topological polar surface area (TPSA) is 46.3 Å². The van der Waals surface area contributed by atoms with Crippen LogP contribution >= 0.6 is 12.6 Å². The molecule has 0 bridgehead atoms. The molecule has 1 aromatic carbocycles. The van der Waals surface area contributed by atoms with Crippen molar-refractivity contribution in [2.24, 2.45) is 5.73 Å². The summed E-state index contributed by atoms with van der Waals surface area (Å²) < 4.78 is 0. The molecule has 1 heterocycles. The van der Waals surface area contributed by atoms with Crippen LogP contribution in [0.5, 0.6) is 0 Å². The molecular formula is C12H16N2OS. The van der Waals surface area contributed by atoms with Gasteiger partial charge in [-0.1, -0.05) is 12.1 Å². The summed E-state index contributed by atoms with van der Waals surface area (Å²) in [7, 11) is 0. The van der Waals surface area contributed by atoms with Crippen molar-refractivity contribution < 1.29 is 4.79 Å². The Labute approximate surface area is 101 Å². The van der Waals surface area contributed by atoms with E-state index >= 15 is 0 Å². The second-order valence-electron chi connectivity index (χ2n) is 4.15. The van der Waals surface area contributed by atoms with Crippen LogP contribution in [0, 0.1) is 0 Å². The maximum atomic E-state index is 12.2. The van der Waals surface area contributed by atoms with Gasteiger partial charge in [0.05, 0.1) is 5.56 Å². The molecule has 86 valence electrons. The van der Waals surface area contributed by atoms with E-state index in [4.69, 9.17) is 5.73 Å². The van der Waals surface area contributed by atoms with Gasteiger partial charge in [-0.15, -0.1) is 12.6 Å². The van der Waals surface area contributed by atoms with Gasteiger partial charge in [-0.2, -0.15) is 0 Å². The molecule has 1 aliphatic rings. The van der Waals surface area contributed by atoms with Gasteiger partial charge in [0.25, 0.3) is 5.91 Å². The SMILES string of the molecule is NC1CCN(C(=O)c2ccccc2S)CC1. The fraction of sp³-hybridized carbons (Fsp3) is 0.417. The van der Waals surface area contributed by atoms with E-state index in [0.717, 1.165) is 30.8 Å². The Morgan fingerprint density at radius 1 is 1.31 bits per heavy atom. The summed E-state index contributed by atoms with van der Waals surface area (Å²) in [5, 5.41) is 0. The quantitative estimate of drug-likeness (QED) is 0.727. The molecule has 1 aliphatic heterocycles. The summed E-state index contributed by atoms with van der Waals surface area (Å²) in [6.07, 6.45) is 1.78. The first-order valence-electron chi connectivity index (χ1n) is 5.51. The lowest BCUT2D eigenvalue weighted by Crippen LogP contribution is -2.42. The smallest absolute Gasteiger partial charge is 0.254 e. The molecule has 0 unspecified atom stereocenters. The van der Waals surface area contributed by atoms with Gasteiger partial charge in [0, 0.05) is 24.0 Å². The molecule has 0 aromatic heterocycles. The Balaban J connectivity index is 2.11. The predicted molar refractivity (Wildman–Crippen MR) is 66.8 cm³/mol. The molecule has 3 nitrogen and oxygen atoms in total. The van der Waals surface area contributed by atoms with Crippen molar-refractivity contribution >= 4 is 18.5 Å². The molecule has 16 heavy (non-hydrogen) atoms. The summed E-state index contributed by atoms with van der Waals surface area (Å²) in [5.41, 5.74) is 6.49. The van der Waals surface area contributed by atoms with Crippen LogP contribution in [0.1, 0.15) is 23.2 Å². The Morgan fingerprint density at radius 2 is 1.94 bits per heavy atom. The van der Waals surface area contributed by atoms with Crippen LogP contribution in [0.2, 0.25) is 0 Å². The van der Waals surface area contributed by atoms with Crippen molar-refractivity contribution in [1.82, 2.24) is 4.90 Å². The van der Waals surface area contributed by atoms with E-state index in [1.54, 1.807) is 0 Å². The molecule has 1 fully saturated rings. The van der Waals surface area contributed by atoms with Crippen LogP contribution in [0.25, 0.3) is 0 Å². The van der Waals surface area contributed by atoms with Crippen molar-refractivity contribution in [2.75, 3.05) is 13.1 Å². The van der Waals surface area contributed by atoms with Gasteiger partial charge in [0.15, 0.2) is 0 Å². The zero-order valence-electron chi connectivity index (χ0n) is 9.10. The number of carbonyl (C=O) groups excluding carboxylic acids is 1. The number of nitrogens with zero attached hydrogens (tertiary/aromatic N) is 1. The predicted octanol–water partition coefficient (Wildman–Crippen LogP) is 1.54. The zero-order chi connectivity index (χ0) is 11.5. The highest BCUT2D eigenvalue weighted by Crippen LogP contribution is 2.18. The minimum Gasteiger partial charge on any atom is -0.338 e. The molecule has 1 aromatic rings. The second kappa shape index (κ2) is 4.89. The number of hydrogen-bond acceptors (Lipinski definition) is 3. The number of nitrogens with two attached hydrogens (primary N) is 1. The first kappa shape index (κ1) is 11.5. The molecule has 2 N–H and O–H groups in total. The highest BCUT2D eigenvalue weighted by molar-refractivity contribution is 7.80. The van der Waals surface area contributed by atoms with Crippen molar-refractivity contribution in [1.29, 1.82) is 0 Å². The lowest BCUT2D eigenvalue weighted by molar-refractivity contribution is 0.0711. The third-order valence-electron chi connectivity index (χ3n) is 2.96. The highest BCUT2D eigenvalue weighted by atomic mass is 32.1. The van der Waals surface area contributed by atoms with Gasteiger partial charge < -0.3 is 10.6 Å². The van der Waals surface area contributed by atoms with E-state index in [1.165, 1.54) is 0 Å². The largest absolute Gasteiger partial charge is 0.338 e. The van der Waals surface area contributed by atoms with Crippen molar-refractivity contribution in [3.63, 3.8) is 0 Å². The van der Waals surface area contributed by atoms with E-state index in [2.05, 4.69) is 12.6 Å². The van der Waals surface area contributed by atoms with Gasteiger partial charge in [0.1, 0.15) is 0 Å². The Morgan fingerprint density at radius 3 is 2.56 bits per heavy atom. The van der Waals surface area contributed by atoms with Gasteiger partial charge in [-0.05, 0) is 25.0 Å². The van der Waals surface area contributed by atoms with E-state index in [0.29, 0.717) is 5.56 Å². The van der Waals surface area contributed by atoms with Crippen molar-refractivity contribution in [3.8, 4) is 0 Å². The highest BCUT2D eigenvalue weighted by Gasteiger charge is 2.22. The Kier molecular flexibility index (Phi) is 3.51. The summed E-state index contributed by atoms with van der Waals surface area (Å²) in [5.74, 6) is 0.0671. The molecule has 4 heteroatoms. The third kappa shape index (κ3) is 2.39. The fourth-order valence-corrected chi connectivity index (χ4v) is 2.18. The summed E-state index contributed by atoms with van der Waals surface area (Å²) in [6, 6.07) is 7.65. The normalized spacial score (nSPS) is 17.5. The van der Waals surface area contributed by atoms with E-state index in [-0.39, 0.29) is 11.9 Å². The van der Waals surface area contributed by atoms with E-state index in [1.807, 2.05) is 29.2 Å². The van der Waals surface area contributed by atoms with Gasteiger partial charge in [-0.3, -0.25) is 4.79 Å². The third-order valence-corrected chi connectivity index (χ3v) is 3.35. The van der Waals surface area contributed by atoms with E-state index < -0.39 is 0 Å². The number of amides is 1. The fourth-order valence-electron chi connectivity index (χ4n) is 1.93. The summed E-state index contributed by atoms with van der Waals surface area (Å²) in [6.45, 7) is 1.50. The average molecular weight is 236 g/mol. The number of rotatable bonds is 1. The van der Waals surface area contributed by atoms with Crippen molar-refractivity contribution in [3.05, 3.63) is 29.8 Å². The number of thiol groups is 1. The Bertz CT molecular complexity index is 386. The standard InChI is InChI=1S/C12H16N2OS/c13-9-5-7-14(8-6-9)12(15)10-3-1-2-4-11(10)16/h1-4,9,16H,5-8,13H2. The molecule has 0 aliphatic carbocycles. The number of carbonyl (C=O) groups is 1. The Hall–Kier alpha value is -1.00. The molecule has 0 atom stereocenters. The second-order valence-corrected chi connectivity index (χ2v) is 4.63. The maximum Gasteiger partial charge on any atom is 0.254 e. The summed E-state index contributed by atoms with van der Waals surface area (Å²) >= 11 is 4.30. The van der Waals surface area contributed by atoms with Crippen LogP contribution in [-0.4, -0.2) is 29.9 Å². The van der Waals surface area contributed by atoms with Crippen LogP contribution in [-0.2, 0) is 0 Å². The van der Waals surface area contributed by atoms with Crippen molar-refractivity contribution in [2.45, 2.75) is 23.8 Å². The van der Waals surface area contributed by atoms with Gasteiger partial charge in [-0.25, -0.2) is 0 Å². The first-order chi connectivity index (χ1) is 7.68. The molecule has 0 radical (unpaired) electrons. The van der Waals surface area contributed by atoms with Crippen LogP contribution < -0.4 is 5.73 Å². The van der Waals surface area contributed by atoms with Gasteiger partial charge in [0.2, 0.25) is 0 Å². The number of piperidine rings is 1. The van der Waals surface area contributed by atoms with Gasteiger partial charge >= 0.3 is 0 Å².